The van der Waals surface area contributed by atoms with Crippen molar-refractivity contribution in [3.8, 4) is 0 Å². The van der Waals surface area contributed by atoms with Crippen LogP contribution in [0.5, 0.6) is 0 Å². The largest absolute Gasteiger partial charge is 0.436 e. The van der Waals surface area contributed by atoms with Gasteiger partial charge in [-0.25, -0.2) is 0 Å². The second kappa shape index (κ2) is 6.27. The van der Waals surface area contributed by atoms with Crippen molar-refractivity contribution in [3.63, 3.8) is 0 Å². The minimum Gasteiger partial charge on any atom is -0.436 e. The predicted octanol–water partition coefficient (Wildman–Crippen LogP) is 5.10. The van der Waals surface area contributed by atoms with Crippen molar-refractivity contribution in [1.82, 2.24) is 0 Å². The minimum atomic E-state index is -2.24. The van der Waals surface area contributed by atoms with Gasteiger partial charge in [0, 0.05) is 5.54 Å². The lowest BCUT2D eigenvalue weighted by molar-refractivity contribution is 0.370. The van der Waals surface area contributed by atoms with Crippen molar-refractivity contribution in [3.05, 3.63) is 35.9 Å². The Morgan fingerprint density at radius 1 is 0.750 bits per heavy atom. The summed E-state index contributed by atoms with van der Waals surface area (Å²) in [6.45, 7) is 18.0. The smallest absolute Gasteiger partial charge is 0.321 e. The summed E-state index contributed by atoms with van der Waals surface area (Å²) in [5.74, 6) is 0. The first-order valence-corrected chi connectivity index (χ1v) is 16.6. The van der Waals surface area contributed by atoms with E-state index in [9.17, 15) is 0 Å². The molecule has 0 aliphatic heterocycles. The molecule has 0 heterocycles. The average molecular weight is 327 g/mol. The standard InChI is InChI=1S/C15H30O2Si3/c1-14(15-12-10-9-11-13-15)20(8,16-18(2,3)4)17-19(5,6)7/h9-14H,1-8H3. The van der Waals surface area contributed by atoms with Gasteiger partial charge in [0.1, 0.15) is 0 Å². The Labute approximate surface area is 128 Å². The highest BCUT2D eigenvalue weighted by Crippen LogP contribution is 2.33. The SMILES string of the molecule is CC(c1ccccc1)[Si](C)(O[Si](C)(C)C)O[Si](C)(C)C. The Morgan fingerprint density at radius 3 is 1.50 bits per heavy atom. The van der Waals surface area contributed by atoms with Crippen LogP contribution < -0.4 is 0 Å². The van der Waals surface area contributed by atoms with Gasteiger partial charge in [-0.3, -0.25) is 0 Å². The Kier molecular flexibility index (Phi) is 5.60. The molecule has 1 aromatic carbocycles. The third-order valence-corrected chi connectivity index (χ3v) is 13.2. The molecule has 114 valence electrons. The van der Waals surface area contributed by atoms with Crippen molar-refractivity contribution in [2.45, 2.75) is 58.3 Å². The molecule has 0 fully saturated rings. The number of hydrogen-bond donors (Lipinski definition) is 0. The molecule has 0 radical (unpaired) electrons. The first-order chi connectivity index (χ1) is 8.93. The molecular formula is C15H30O2Si3. The van der Waals surface area contributed by atoms with Gasteiger partial charge in [0.05, 0.1) is 0 Å². The highest BCUT2D eigenvalue weighted by molar-refractivity contribution is 6.88. The van der Waals surface area contributed by atoms with Crippen LogP contribution in [0.1, 0.15) is 18.0 Å². The highest BCUT2D eigenvalue weighted by atomic mass is 28.5. The molecular weight excluding hydrogens is 296 g/mol. The van der Waals surface area contributed by atoms with Gasteiger partial charge in [-0.05, 0) is 51.4 Å². The van der Waals surface area contributed by atoms with Gasteiger partial charge in [0.25, 0.3) is 0 Å². The van der Waals surface area contributed by atoms with E-state index in [1.54, 1.807) is 0 Å². The third kappa shape index (κ3) is 5.65. The molecule has 0 N–H and O–H groups in total. The van der Waals surface area contributed by atoms with Gasteiger partial charge < -0.3 is 8.23 Å². The fourth-order valence-electron chi connectivity index (χ4n) is 2.46. The molecule has 0 aliphatic rings. The molecule has 1 atom stereocenters. The number of benzene rings is 1. The zero-order valence-corrected chi connectivity index (χ0v) is 17.3. The summed E-state index contributed by atoms with van der Waals surface area (Å²) in [5, 5.41) is 0. The predicted molar refractivity (Wildman–Crippen MR) is 95.3 cm³/mol. The number of hydrogen-bond acceptors (Lipinski definition) is 2. The lowest BCUT2D eigenvalue weighted by Crippen LogP contribution is -2.55. The molecule has 0 amide bonds. The van der Waals surface area contributed by atoms with Crippen LogP contribution in [-0.4, -0.2) is 25.2 Å². The van der Waals surface area contributed by atoms with Crippen LogP contribution in [-0.2, 0) is 8.23 Å². The summed E-state index contributed by atoms with van der Waals surface area (Å²) in [7, 11) is -5.50. The van der Waals surface area contributed by atoms with E-state index in [-0.39, 0.29) is 0 Å². The van der Waals surface area contributed by atoms with Crippen LogP contribution in [0.3, 0.4) is 0 Å². The Hall–Kier alpha value is -0.209. The maximum absolute atomic E-state index is 6.61. The van der Waals surface area contributed by atoms with Crippen LogP contribution in [0, 0.1) is 0 Å². The van der Waals surface area contributed by atoms with Gasteiger partial charge in [-0.2, -0.15) is 0 Å². The van der Waals surface area contributed by atoms with Gasteiger partial charge in [-0.1, -0.05) is 37.3 Å². The van der Waals surface area contributed by atoms with E-state index in [2.05, 4.69) is 83.1 Å². The van der Waals surface area contributed by atoms with E-state index in [0.29, 0.717) is 5.54 Å². The second-order valence-corrected chi connectivity index (χ2v) is 20.6. The molecule has 0 bridgehead atoms. The summed E-state index contributed by atoms with van der Waals surface area (Å²) < 4.78 is 13.2. The lowest BCUT2D eigenvalue weighted by atomic mass is 10.2. The molecule has 0 aromatic heterocycles. The lowest BCUT2D eigenvalue weighted by Gasteiger charge is -2.42. The van der Waals surface area contributed by atoms with Crippen LogP contribution in [0.2, 0.25) is 45.8 Å². The van der Waals surface area contributed by atoms with Crippen LogP contribution in [0.4, 0.5) is 0 Å². The van der Waals surface area contributed by atoms with Crippen molar-refractivity contribution in [2.75, 3.05) is 0 Å². The topological polar surface area (TPSA) is 18.5 Å². The van der Waals surface area contributed by atoms with Crippen LogP contribution in [0.25, 0.3) is 0 Å². The van der Waals surface area contributed by atoms with E-state index in [1.165, 1.54) is 5.56 Å². The van der Waals surface area contributed by atoms with Crippen molar-refractivity contribution in [2.24, 2.45) is 0 Å². The second-order valence-electron chi connectivity index (χ2n) is 7.58. The average Bonchev–Trinajstić information content (AvgIpc) is 2.24. The molecule has 20 heavy (non-hydrogen) atoms. The molecule has 0 aliphatic carbocycles. The Balaban J connectivity index is 3.10. The van der Waals surface area contributed by atoms with E-state index in [4.69, 9.17) is 8.23 Å². The number of rotatable bonds is 6. The summed E-state index contributed by atoms with van der Waals surface area (Å²) in [4.78, 5) is 0. The quantitative estimate of drug-likeness (QED) is 0.677. The zero-order chi connectivity index (χ0) is 15.6. The normalized spacial score (nSPS) is 15.2. The van der Waals surface area contributed by atoms with Crippen molar-refractivity contribution < 1.29 is 8.23 Å². The highest BCUT2D eigenvalue weighted by Gasteiger charge is 2.45. The molecule has 0 saturated heterocycles. The molecule has 1 aromatic rings. The van der Waals surface area contributed by atoms with Gasteiger partial charge in [0.2, 0.25) is 0 Å². The fourth-order valence-corrected chi connectivity index (χ4v) is 14.9. The Morgan fingerprint density at radius 2 is 1.15 bits per heavy atom. The molecule has 0 saturated carbocycles. The van der Waals surface area contributed by atoms with Gasteiger partial charge in [0.15, 0.2) is 16.6 Å². The molecule has 5 heteroatoms. The monoisotopic (exact) mass is 326 g/mol. The third-order valence-electron chi connectivity index (χ3n) is 3.10. The maximum atomic E-state index is 6.61. The summed E-state index contributed by atoms with van der Waals surface area (Å²) in [6, 6.07) is 10.6. The van der Waals surface area contributed by atoms with E-state index in [1.807, 2.05) is 0 Å². The molecule has 0 spiro atoms. The summed E-state index contributed by atoms with van der Waals surface area (Å²) >= 11 is 0. The molecule has 1 unspecified atom stereocenters. The van der Waals surface area contributed by atoms with Crippen LogP contribution >= 0.6 is 0 Å². The van der Waals surface area contributed by atoms with Gasteiger partial charge >= 0.3 is 8.56 Å². The minimum absolute atomic E-state index is 0.349. The Bertz CT molecular complexity index is 405. The van der Waals surface area contributed by atoms with Gasteiger partial charge in [-0.15, -0.1) is 0 Å². The molecule has 2 nitrogen and oxygen atoms in total. The van der Waals surface area contributed by atoms with E-state index >= 15 is 0 Å². The summed E-state index contributed by atoms with van der Waals surface area (Å²) in [5.41, 5.74) is 1.68. The first kappa shape index (κ1) is 17.8. The van der Waals surface area contributed by atoms with Crippen LogP contribution in [0.15, 0.2) is 30.3 Å². The van der Waals surface area contributed by atoms with E-state index < -0.39 is 25.2 Å². The first-order valence-electron chi connectivity index (χ1n) is 7.38. The molecule has 1 rings (SSSR count). The summed E-state index contributed by atoms with van der Waals surface area (Å²) in [6.07, 6.45) is 0. The fraction of sp³-hybridized carbons (Fsp3) is 0.600. The zero-order valence-electron chi connectivity index (χ0n) is 14.3. The van der Waals surface area contributed by atoms with Crippen molar-refractivity contribution >= 4 is 25.2 Å². The maximum Gasteiger partial charge on any atom is 0.321 e. The van der Waals surface area contributed by atoms with Crippen molar-refractivity contribution in [1.29, 1.82) is 0 Å². The van der Waals surface area contributed by atoms with E-state index in [0.717, 1.165) is 0 Å².